The molecule has 2 N–H and O–H groups in total. The molecule has 5 rings (SSSR count). The maximum atomic E-state index is 12.6. The molecule has 0 radical (unpaired) electrons. The second-order valence-electron chi connectivity index (χ2n) is 9.25. The lowest BCUT2D eigenvalue weighted by atomic mass is 9.98. The summed E-state index contributed by atoms with van der Waals surface area (Å²) in [6.07, 6.45) is 4.61. The molecule has 1 fully saturated rings. The van der Waals surface area contributed by atoms with E-state index in [4.69, 9.17) is 9.47 Å². The normalized spacial score (nSPS) is 17.9. The Balaban J connectivity index is 1.21. The highest BCUT2D eigenvalue weighted by Crippen LogP contribution is 2.33. The predicted molar refractivity (Wildman–Crippen MR) is 129 cm³/mol. The number of piperidine rings is 1. The minimum atomic E-state index is -0.634. The number of ether oxygens (including phenoxy) is 2. The van der Waals surface area contributed by atoms with Gasteiger partial charge in [0.15, 0.2) is 11.5 Å². The fourth-order valence-electron chi connectivity index (χ4n) is 5.06. The summed E-state index contributed by atoms with van der Waals surface area (Å²) in [5, 5.41) is 5.59. The SMILES string of the molecule is CN1CCc2cc([C@@H](CNC(=O)C(=O)NCc3ccc4c(c3)OCO4)N3CCCCC3)ccc21. The summed E-state index contributed by atoms with van der Waals surface area (Å²) in [5.74, 6) is 0.102. The molecule has 8 heteroatoms. The van der Waals surface area contributed by atoms with Gasteiger partial charge in [-0.05, 0) is 67.2 Å². The van der Waals surface area contributed by atoms with Crippen LogP contribution < -0.4 is 25.0 Å². The van der Waals surface area contributed by atoms with E-state index in [1.807, 2.05) is 18.2 Å². The van der Waals surface area contributed by atoms with Gasteiger partial charge in [0, 0.05) is 32.4 Å². The Labute approximate surface area is 200 Å². The van der Waals surface area contributed by atoms with Crippen molar-refractivity contribution in [2.75, 3.05) is 44.9 Å². The van der Waals surface area contributed by atoms with Crippen molar-refractivity contribution >= 4 is 17.5 Å². The van der Waals surface area contributed by atoms with Gasteiger partial charge in [-0.1, -0.05) is 24.6 Å². The van der Waals surface area contributed by atoms with Crippen LogP contribution >= 0.6 is 0 Å². The van der Waals surface area contributed by atoms with Crippen molar-refractivity contribution < 1.29 is 19.1 Å². The quantitative estimate of drug-likeness (QED) is 0.639. The molecule has 3 aliphatic rings. The van der Waals surface area contributed by atoms with E-state index in [0.717, 1.165) is 44.5 Å². The molecule has 2 aromatic rings. The van der Waals surface area contributed by atoms with E-state index in [1.54, 1.807) is 0 Å². The Morgan fingerprint density at radius 2 is 1.74 bits per heavy atom. The summed E-state index contributed by atoms with van der Waals surface area (Å²) in [6.45, 7) is 3.91. The Morgan fingerprint density at radius 3 is 2.59 bits per heavy atom. The number of carbonyl (C=O) groups is 2. The Kier molecular flexibility index (Phi) is 6.58. The van der Waals surface area contributed by atoms with Crippen LogP contribution in [-0.2, 0) is 22.6 Å². The number of benzene rings is 2. The topological polar surface area (TPSA) is 83.1 Å². The van der Waals surface area contributed by atoms with Gasteiger partial charge in [0.2, 0.25) is 6.79 Å². The van der Waals surface area contributed by atoms with E-state index in [-0.39, 0.29) is 19.4 Å². The van der Waals surface area contributed by atoms with Crippen molar-refractivity contribution in [2.45, 2.75) is 38.3 Å². The number of nitrogens with zero attached hydrogens (tertiary/aromatic N) is 2. The van der Waals surface area contributed by atoms with Crippen LogP contribution in [0.3, 0.4) is 0 Å². The number of fused-ring (bicyclic) bond motifs is 2. The molecule has 3 heterocycles. The number of nitrogens with one attached hydrogen (secondary N) is 2. The van der Waals surface area contributed by atoms with Crippen LogP contribution in [0, 0.1) is 0 Å². The van der Waals surface area contributed by atoms with Gasteiger partial charge in [-0.25, -0.2) is 0 Å². The third-order valence-corrected chi connectivity index (χ3v) is 7.00. The first-order valence-electron chi connectivity index (χ1n) is 12.1. The molecule has 8 nitrogen and oxygen atoms in total. The Bertz CT molecular complexity index is 1070. The van der Waals surface area contributed by atoms with Gasteiger partial charge >= 0.3 is 11.8 Å². The molecule has 0 aromatic heterocycles. The molecule has 2 aromatic carbocycles. The van der Waals surface area contributed by atoms with E-state index in [1.165, 1.54) is 23.2 Å². The summed E-state index contributed by atoms with van der Waals surface area (Å²) >= 11 is 0. The molecular weight excluding hydrogens is 432 g/mol. The lowest BCUT2D eigenvalue weighted by Crippen LogP contribution is -2.45. The van der Waals surface area contributed by atoms with E-state index in [9.17, 15) is 9.59 Å². The number of anilines is 1. The van der Waals surface area contributed by atoms with Gasteiger partial charge in [-0.2, -0.15) is 0 Å². The molecule has 0 bridgehead atoms. The molecule has 180 valence electrons. The van der Waals surface area contributed by atoms with Crippen LogP contribution in [0.15, 0.2) is 36.4 Å². The molecule has 1 saturated heterocycles. The maximum absolute atomic E-state index is 12.6. The van der Waals surface area contributed by atoms with Crippen LogP contribution in [0.5, 0.6) is 11.5 Å². The molecular formula is C26H32N4O4. The van der Waals surface area contributed by atoms with Crippen LogP contribution in [0.2, 0.25) is 0 Å². The fourth-order valence-corrected chi connectivity index (χ4v) is 5.06. The number of likely N-dealkylation sites (N-methyl/N-ethyl adjacent to an activating group) is 1. The number of amides is 2. The first kappa shape index (κ1) is 22.5. The zero-order valence-corrected chi connectivity index (χ0v) is 19.6. The summed E-state index contributed by atoms with van der Waals surface area (Å²) in [4.78, 5) is 29.8. The highest BCUT2D eigenvalue weighted by molar-refractivity contribution is 6.35. The molecule has 2 amide bonds. The highest BCUT2D eigenvalue weighted by Gasteiger charge is 2.26. The molecule has 0 saturated carbocycles. The van der Waals surface area contributed by atoms with Gasteiger partial charge in [0.05, 0.1) is 6.04 Å². The lowest BCUT2D eigenvalue weighted by molar-refractivity contribution is -0.139. The van der Waals surface area contributed by atoms with Crippen molar-refractivity contribution in [1.82, 2.24) is 15.5 Å². The van der Waals surface area contributed by atoms with E-state index in [0.29, 0.717) is 18.0 Å². The average molecular weight is 465 g/mol. The van der Waals surface area contributed by atoms with Crippen LogP contribution in [-0.4, -0.2) is 56.7 Å². The monoisotopic (exact) mass is 464 g/mol. The summed E-state index contributed by atoms with van der Waals surface area (Å²) in [6, 6.07) is 12.2. The zero-order chi connectivity index (χ0) is 23.5. The van der Waals surface area contributed by atoms with Crippen molar-refractivity contribution in [1.29, 1.82) is 0 Å². The molecule has 0 unspecified atom stereocenters. The smallest absolute Gasteiger partial charge is 0.309 e. The van der Waals surface area contributed by atoms with E-state index in [2.05, 4.69) is 45.7 Å². The minimum Gasteiger partial charge on any atom is -0.454 e. The Morgan fingerprint density at radius 1 is 0.941 bits per heavy atom. The second-order valence-corrected chi connectivity index (χ2v) is 9.25. The molecule has 3 aliphatic heterocycles. The largest absolute Gasteiger partial charge is 0.454 e. The minimum absolute atomic E-state index is 0.0575. The number of rotatable bonds is 6. The molecule has 1 atom stereocenters. The average Bonchev–Trinajstić information content (AvgIpc) is 3.49. The van der Waals surface area contributed by atoms with Crippen molar-refractivity contribution in [2.24, 2.45) is 0 Å². The molecule has 0 spiro atoms. The van der Waals surface area contributed by atoms with Gasteiger partial charge < -0.3 is 25.0 Å². The number of likely N-dealkylation sites (tertiary alicyclic amines) is 1. The number of carbonyl (C=O) groups excluding carboxylic acids is 2. The summed E-state index contributed by atoms with van der Waals surface area (Å²) in [7, 11) is 2.12. The standard InChI is InChI=1S/C26H32N4O4/c1-29-12-9-20-14-19(6-7-21(20)29)22(30-10-3-2-4-11-30)16-28-26(32)25(31)27-15-18-5-8-23-24(13-18)34-17-33-23/h5-8,13-14,22H,2-4,9-12,15-17H2,1H3,(H,27,31)(H,28,32)/t22-/m1/s1. The Hall–Kier alpha value is -3.26. The van der Waals surface area contributed by atoms with E-state index >= 15 is 0 Å². The van der Waals surface area contributed by atoms with Gasteiger partial charge in [0.25, 0.3) is 0 Å². The van der Waals surface area contributed by atoms with Crippen molar-refractivity contribution in [3.05, 3.63) is 53.1 Å². The van der Waals surface area contributed by atoms with Crippen LogP contribution in [0.25, 0.3) is 0 Å². The fraction of sp³-hybridized carbons (Fsp3) is 0.462. The van der Waals surface area contributed by atoms with Gasteiger partial charge in [-0.3, -0.25) is 14.5 Å². The predicted octanol–water partition coefficient (Wildman–Crippen LogP) is 2.37. The third kappa shape index (κ3) is 4.82. The third-order valence-electron chi connectivity index (χ3n) is 7.00. The summed E-state index contributed by atoms with van der Waals surface area (Å²) in [5.41, 5.74) is 4.69. The summed E-state index contributed by atoms with van der Waals surface area (Å²) < 4.78 is 10.7. The zero-order valence-electron chi connectivity index (χ0n) is 19.6. The number of hydrogen-bond donors (Lipinski definition) is 2. The maximum Gasteiger partial charge on any atom is 0.309 e. The van der Waals surface area contributed by atoms with Crippen molar-refractivity contribution in [3.63, 3.8) is 0 Å². The van der Waals surface area contributed by atoms with Gasteiger partial charge in [0.1, 0.15) is 0 Å². The highest BCUT2D eigenvalue weighted by atomic mass is 16.7. The molecule has 0 aliphatic carbocycles. The number of hydrogen-bond acceptors (Lipinski definition) is 6. The van der Waals surface area contributed by atoms with Gasteiger partial charge in [-0.15, -0.1) is 0 Å². The lowest BCUT2D eigenvalue weighted by Gasteiger charge is -2.35. The first-order chi connectivity index (χ1) is 16.6. The second kappa shape index (κ2) is 9.93. The van der Waals surface area contributed by atoms with Crippen LogP contribution in [0.4, 0.5) is 5.69 Å². The first-order valence-corrected chi connectivity index (χ1v) is 12.1. The van der Waals surface area contributed by atoms with Crippen molar-refractivity contribution in [3.8, 4) is 11.5 Å². The van der Waals surface area contributed by atoms with E-state index < -0.39 is 11.8 Å². The van der Waals surface area contributed by atoms with Crippen LogP contribution in [0.1, 0.15) is 42.0 Å². The molecule has 34 heavy (non-hydrogen) atoms.